The lowest BCUT2D eigenvalue weighted by Crippen LogP contribution is -2.28. The zero-order valence-corrected chi connectivity index (χ0v) is 16.7. The molecule has 0 aliphatic carbocycles. The van der Waals surface area contributed by atoms with Gasteiger partial charge in [0.25, 0.3) is 0 Å². The van der Waals surface area contributed by atoms with E-state index in [0.717, 1.165) is 26.4 Å². The van der Waals surface area contributed by atoms with Crippen LogP contribution >= 0.6 is 23.1 Å². The number of benzene rings is 2. The summed E-state index contributed by atoms with van der Waals surface area (Å²) in [5.41, 5.74) is 2.84. The Labute approximate surface area is 165 Å². The van der Waals surface area contributed by atoms with Crippen LogP contribution in [0.3, 0.4) is 0 Å². The third-order valence-corrected chi connectivity index (χ3v) is 6.37. The fourth-order valence-corrected chi connectivity index (χ4v) is 4.66. The van der Waals surface area contributed by atoms with Gasteiger partial charge in [0.05, 0.1) is 16.1 Å². The van der Waals surface area contributed by atoms with Crippen LogP contribution in [-0.4, -0.2) is 29.6 Å². The highest BCUT2D eigenvalue weighted by Gasteiger charge is 2.35. The number of amides is 2. The van der Waals surface area contributed by atoms with Gasteiger partial charge in [0, 0.05) is 23.5 Å². The molecule has 0 bridgehead atoms. The first-order valence-electron chi connectivity index (χ1n) is 8.66. The van der Waals surface area contributed by atoms with Crippen LogP contribution in [0.1, 0.15) is 12.0 Å². The molecule has 7 heteroatoms. The van der Waals surface area contributed by atoms with Crippen LogP contribution in [0.4, 0.5) is 10.8 Å². The fraction of sp³-hybridized carbons (Fsp3) is 0.250. The largest absolute Gasteiger partial charge is 0.312 e. The molecule has 2 heterocycles. The zero-order valence-electron chi connectivity index (χ0n) is 15.1. The van der Waals surface area contributed by atoms with Crippen molar-refractivity contribution in [2.45, 2.75) is 18.2 Å². The summed E-state index contributed by atoms with van der Waals surface area (Å²) in [6.07, 6.45) is 2.22. The van der Waals surface area contributed by atoms with Gasteiger partial charge in [-0.15, -0.1) is 11.8 Å². The maximum Gasteiger partial charge on any atom is 0.231 e. The fourth-order valence-electron chi connectivity index (χ4n) is 3.26. The maximum atomic E-state index is 12.7. The topological polar surface area (TPSA) is 62.3 Å². The summed E-state index contributed by atoms with van der Waals surface area (Å²) in [4.78, 5) is 32.5. The molecule has 0 spiro atoms. The number of hydrogen-bond acceptors (Lipinski definition) is 5. The van der Waals surface area contributed by atoms with Crippen molar-refractivity contribution in [1.29, 1.82) is 0 Å². The van der Waals surface area contributed by atoms with E-state index < -0.39 is 0 Å². The molecule has 2 amide bonds. The van der Waals surface area contributed by atoms with E-state index in [9.17, 15) is 9.59 Å². The molecule has 1 aromatic heterocycles. The number of para-hydroxylation sites is 1. The Morgan fingerprint density at radius 2 is 2.11 bits per heavy atom. The average Bonchev–Trinajstić information content (AvgIpc) is 3.26. The number of anilines is 2. The standard InChI is InChI=1S/C20H19N3O2S2/c1-12-5-3-8-16-18(12)21-20(27-16)22-19(25)13-9-17(24)23(11-13)14-6-4-7-15(10-14)26-2/h3-8,10,13H,9,11H2,1-2H3,(H,21,22,25)/t13-/m0/s1. The minimum Gasteiger partial charge on any atom is -0.312 e. The summed E-state index contributed by atoms with van der Waals surface area (Å²) in [7, 11) is 0. The van der Waals surface area contributed by atoms with Crippen molar-refractivity contribution in [2.24, 2.45) is 5.92 Å². The lowest BCUT2D eigenvalue weighted by molar-refractivity contribution is -0.122. The normalized spacial score (nSPS) is 16.9. The number of nitrogens with one attached hydrogen (secondary N) is 1. The van der Waals surface area contributed by atoms with Crippen molar-refractivity contribution in [3.8, 4) is 0 Å². The monoisotopic (exact) mass is 397 g/mol. The van der Waals surface area contributed by atoms with Crippen molar-refractivity contribution < 1.29 is 9.59 Å². The van der Waals surface area contributed by atoms with E-state index in [2.05, 4.69) is 10.3 Å². The van der Waals surface area contributed by atoms with E-state index in [0.29, 0.717) is 11.7 Å². The summed E-state index contributed by atoms with van der Waals surface area (Å²) in [6, 6.07) is 13.8. The Morgan fingerprint density at radius 3 is 2.89 bits per heavy atom. The third kappa shape index (κ3) is 3.57. The van der Waals surface area contributed by atoms with Crippen molar-refractivity contribution >= 4 is 55.9 Å². The highest BCUT2D eigenvalue weighted by molar-refractivity contribution is 7.98. The van der Waals surface area contributed by atoms with E-state index in [4.69, 9.17) is 0 Å². The number of aromatic nitrogens is 1. The molecule has 4 rings (SSSR count). The molecule has 0 radical (unpaired) electrons. The van der Waals surface area contributed by atoms with Crippen LogP contribution in [0.2, 0.25) is 0 Å². The minimum atomic E-state index is -0.372. The lowest BCUT2D eigenvalue weighted by Gasteiger charge is -2.17. The van der Waals surface area contributed by atoms with Gasteiger partial charge in [0.15, 0.2) is 5.13 Å². The Bertz CT molecular complexity index is 1030. The first-order chi connectivity index (χ1) is 13.0. The number of carbonyl (C=O) groups excluding carboxylic acids is 2. The van der Waals surface area contributed by atoms with E-state index in [1.165, 1.54) is 11.3 Å². The number of thiazole rings is 1. The highest BCUT2D eigenvalue weighted by Crippen LogP contribution is 2.31. The van der Waals surface area contributed by atoms with E-state index >= 15 is 0 Å². The number of nitrogens with zero attached hydrogens (tertiary/aromatic N) is 2. The molecule has 138 valence electrons. The molecule has 3 aromatic rings. The Hall–Kier alpha value is -2.38. The molecule has 1 saturated heterocycles. The second kappa shape index (κ2) is 7.32. The van der Waals surface area contributed by atoms with Gasteiger partial charge >= 0.3 is 0 Å². The average molecular weight is 398 g/mol. The molecule has 1 atom stereocenters. The first-order valence-corrected chi connectivity index (χ1v) is 10.7. The number of thioether (sulfide) groups is 1. The van der Waals surface area contributed by atoms with E-state index in [-0.39, 0.29) is 24.2 Å². The van der Waals surface area contributed by atoms with Crippen molar-refractivity contribution in [1.82, 2.24) is 4.98 Å². The summed E-state index contributed by atoms with van der Waals surface area (Å²) in [5.74, 6) is -0.541. The molecule has 0 unspecified atom stereocenters. The predicted molar refractivity (Wildman–Crippen MR) is 112 cm³/mol. The highest BCUT2D eigenvalue weighted by atomic mass is 32.2. The SMILES string of the molecule is CSc1cccc(N2C[C@@H](C(=O)Nc3nc4c(C)cccc4s3)CC2=O)c1. The van der Waals surface area contributed by atoms with Crippen LogP contribution in [0, 0.1) is 12.8 Å². The summed E-state index contributed by atoms with van der Waals surface area (Å²) in [5, 5.41) is 3.48. The Kier molecular flexibility index (Phi) is 4.88. The molecule has 1 aliphatic heterocycles. The first kappa shape index (κ1) is 18.0. The van der Waals surface area contributed by atoms with Gasteiger partial charge in [-0.25, -0.2) is 4.98 Å². The van der Waals surface area contributed by atoms with Crippen molar-refractivity contribution in [2.75, 3.05) is 23.0 Å². The van der Waals surface area contributed by atoms with Gasteiger partial charge in [0.2, 0.25) is 11.8 Å². The molecule has 5 nitrogen and oxygen atoms in total. The van der Waals surface area contributed by atoms with Gasteiger partial charge < -0.3 is 10.2 Å². The lowest BCUT2D eigenvalue weighted by atomic mass is 10.1. The van der Waals surface area contributed by atoms with Gasteiger partial charge in [-0.1, -0.05) is 29.5 Å². The molecule has 1 fully saturated rings. The summed E-state index contributed by atoms with van der Waals surface area (Å²) >= 11 is 3.09. The molecule has 1 aliphatic rings. The van der Waals surface area contributed by atoms with Gasteiger partial charge in [-0.3, -0.25) is 9.59 Å². The van der Waals surface area contributed by atoms with E-state index in [1.54, 1.807) is 16.7 Å². The van der Waals surface area contributed by atoms with Crippen molar-refractivity contribution in [3.05, 3.63) is 48.0 Å². The minimum absolute atomic E-state index is 0.0199. The van der Waals surface area contributed by atoms with Crippen LogP contribution in [0.25, 0.3) is 10.2 Å². The van der Waals surface area contributed by atoms with E-state index in [1.807, 2.05) is 55.6 Å². The third-order valence-electron chi connectivity index (χ3n) is 4.71. The molecule has 1 N–H and O–H groups in total. The van der Waals surface area contributed by atoms with Crippen LogP contribution < -0.4 is 10.2 Å². The Balaban J connectivity index is 1.49. The van der Waals surface area contributed by atoms with Gasteiger partial charge in [0.1, 0.15) is 0 Å². The molecular weight excluding hydrogens is 378 g/mol. The Morgan fingerprint density at radius 1 is 1.30 bits per heavy atom. The van der Waals surface area contributed by atoms with Crippen molar-refractivity contribution in [3.63, 3.8) is 0 Å². The molecule has 27 heavy (non-hydrogen) atoms. The second-order valence-electron chi connectivity index (χ2n) is 6.54. The number of hydrogen-bond donors (Lipinski definition) is 1. The van der Waals surface area contributed by atoms with Crippen LogP contribution in [0.5, 0.6) is 0 Å². The maximum absolute atomic E-state index is 12.7. The zero-order chi connectivity index (χ0) is 19.0. The number of rotatable bonds is 4. The molecule has 0 saturated carbocycles. The van der Waals surface area contributed by atoms with Gasteiger partial charge in [-0.2, -0.15) is 0 Å². The summed E-state index contributed by atoms with van der Waals surface area (Å²) < 4.78 is 1.04. The summed E-state index contributed by atoms with van der Waals surface area (Å²) in [6.45, 7) is 2.40. The number of carbonyl (C=O) groups is 2. The second-order valence-corrected chi connectivity index (χ2v) is 8.45. The molecule has 2 aromatic carbocycles. The van der Waals surface area contributed by atoms with Crippen LogP contribution in [0.15, 0.2) is 47.4 Å². The predicted octanol–water partition coefficient (Wildman–Crippen LogP) is 4.32. The quantitative estimate of drug-likeness (QED) is 0.666. The smallest absolute Gasteiger partial charge is 0.231 e. The molecular formula is C20H19N3O2S2. The van der Waals surface area contributed by atoms with Gasteiger partial charge in [-0.05, 0) is 43.0 Å². The number of aryl methyl sites for hydroxylation is 1. The van der Waals surface area contributed by atoms with Crippen LogP contribution in [-0.2, 0) is 9.59 Å². The number of fused-ring (bicyclic) bond motifs is 1.